The quantitative estimate of drug-likeness (QED) is 0.825. The molecule has 0 bridgehead atoms. The summed E-state index contributed by atoms with van der Waals surface area (Å²) >= 11 is 0. The molecular weight excluding hydrogens is 196 g/mol. The van der Waals surface area contributed by atoms with E-state index >= 15 is 0 Å². The Hall–Kier alpha value is -1.34. The number of aliphatic hydroxyl groups excluding tert-OH is 1. The normalized spacial score (nSPS) is 12.9. The van der Waals surface area contributed by atoms with E-state index < -0.39 is 0 Å². The summed E-state index contributed by atoms with van der Waals surface area (Å²) in [5, 5.41) is 12.3. The Morgan fingerprint density at radius 2 is 1.81 bits per heavy atom. The molecule has 0 aromatic heterocycles. The largest absolute Gasteiger partial charge is 0.393 e. The molecule has 0 saturated carbocycles. The van der Waals surface area contributed by atoms with Gasteiger partial charge in [-0.05, 0) is 29.2 Å². The van der Waals surface area contributed by atoms with Crippen LogP contribution >= 0.6 is 0 Å². The topological polar surface area (TPSA) is 20.2 Å². The van der Waals surface area contributed by atoms with E-state index in [1.54, 1.807) is 0 Å². The fourth-order valence-corrected chi connectivity index (χ4v) is 2.07. The summed E-state index contributed by atoms with van der Waals surface area (Å²) in [6.07, 6.45) is 2.48. The van der Waals surface area contributed by atoms with E-state index in [-0.39, 0.29) is 6.10 Å². The standard InChI is InChI=1S/C15H18O/c1-2-5-15(16)11-12-8-9-13-6-3-4-7-14(13)10-12/h3-4,6-10,15-16H,2,5,11H2,1H3/t15-/m0/s1. The van der Waals surface area contributed by atoms with Crippen LogP contribution < -0.4 is 0 Å². The molecule has 84 valence electrons. The lowest BCUT2D eigenvalue weighted by molar-refractivity contribution is 0.164. The van der Waals surface area contributed by atoms with Gasteiger partial charge < -0.3 is 5.11 Å². The van der Waals surface area contributed by atoms with E-state index in [4.69, 9.17) is 0 Å². The molecule has 0 fully saturated rings. The van der Waals surface area contributed by atoms with Crippen molar-refractivity contribution in [3.05, 3.63) is 48.0 Å². The van der Waals surface area contributed by atoms with Crippen LogP contribution in [-0.4, -0.2) is 11.2 Å². The van der Waals surface area contributed by atoms with Gasteiger partial charge in [0.15, 0.2) is 0 Å². The minimum absolute atomic E-state index is 0.203. The monoisotopic (exact) mass is 214 g/mol. The lowest BCUT2D eigenvalue weighted by Crippen LogP contribution is -2.09. The average Bonchev–Trinajstić information content (AvgIpc) is 2.29. The summed E-state index contributed by atoms with van der Waals surface area (Å²) < 4.78 is 0. The Labute approximate surface area is 96.7 Å². The van der Waals surface area contributed by atoms with Crippen LogP contribution in [0, 0.1) is 0 Å². The molecule has 16 heavy (non-hydrogen) atoms. The lowest BCUT2D eigenvalue weighted by atomic mass is 10.0. The van der Waals surface area contributed by atoms with Gasteiger partial charge in [0.1, 0.15) is 0 Å². The number of rotatable bonds is 4. The minimum Gasteiger partial charge on any atom is -0.393 e. The van der Waals surface area contributed by atoms with Crippen molar-refractivity contribution >= 4 is 10.8 Å². The molecular formula is C15H18O. The molecule has 2 aromatic carbocycles. The highest BCUT2D eigenvalue weighted by Gasteiger charge is 2.04. The van der Waals surface area contributed by atoms with Crippen LogP contribution in [0.15, 0.2) is 42.5 Å². The van der Waals surface area contributed by atoms with E-state index in [0.29, 0.717) is 0 Å². The first-order chi connectivity index (χ1) is 7.79. The SMILES string of the molecule is CCC[C@H](O)Cc1ccc2ccccc2c1. The second-order valence-electron chi connectivity index (χ2n) is 4.33. The zero-order valence-electron chi connectivity index (χ0n) is 9.69. The molecule has 0 radical (unpaired) electrons. The van der Waals surface area contributed by atoms with Crippen molar-refractivity contribution in [2.24, 2.45) is 0 Å². The van der Waals surface area contributed by atoms with Crippen LogP contribution in [0.2, 0.25) is 0 Å². The Morgan fingerprint density at radius 3 is 2.56 bits per heavy atom. The molecule has 0 spiro atoms. The third-order valence-corrected chi connectivity index (χ3v) is 2.91. The Balaban J connectivity index is 2.19. The van der Waals surface area contributed by atoms with Gasteiger partial charge >= 0.3 is 0 Å². The van der Waals surface area contributed by atoms with Gasteiger partial charge in [-0.2, -0.15) is 0 Å². The third kappa shape index (κ3) is 2.61. The average molecular weight is 214 g/mol. The number of aliphatic hydroxyl groups is 1. The van der Waals surface area contributed by atoms with Crippen molar-refractivity contribution in [1.82, 2.24) is 0 Å². The minimum atomic E-state index is -0.203. The van der Waals surface area contributed by atoms with Gasteiger partial charge in [0.2, 0.25) is 0 Å². The molecule has 0 aliphatic carbocycles. The highest BCUT2D eigenvalue weighted by atomic mass is 16.3. The van der Waals surface area contributed by atoms with Crippen LogP contribution in [0.25, 0.3) is 10.8 Å². The lowest BCUT2D eigenvalue weighted by Gasteiger charge is -2.09. The predicted octanol–water partition coefficient (Wildman–Crippen LogP) is 3.54. The van der Waals surface area contributed by atoms with E-state index in [0.717, 1.165) is 19.3 Å². The molecule has 2 rings (SSSR count). The smallest absolute Gasteiger partial charge is 0.0580 e. The van der Waals surface area contributed by atoms with Crippen LogP contribution in [0.1, 0.15) is 25.3 Å². The number of hydrogen-bond acceptors (Lipinski definition) is 1. The molecule has 1 heteroatoms. The van der Waals surface area contributed by atoms with Gasteiger partial charge in [-0.3, -0.25) is 0 Å². The molecule has 0 unspecified atom stereocenters. The zero-order valence-corrected chi connectivity index (χ0v) is 9.69. The molecule has 0 aliphatic rings. The molecule has 1 N–H and O–H groups in total. The number of fused-ring (bicyclic) bond motifs is 1. The summed E-state index contributed by atoms with van der Waals surface area (Å²) in [7, 11) is 0. The summed E-state index contributed by atoms with van der Waals surface area (Å²) in [4.78, 5) is 0. The van der Waals surface area contributed by atoms with Crippen molar-refractivity contribution < 1.29 is 5.11 Å². The highest BCUT2D eigenvalue weighted by molar-refractivity contribution is 5.82. The molecule has 1 atom stereocenters. The van der Waals surface area contributed by atoms with Gasteiger partial charge in [0.05, 0.1) is 6.10 Å². The summed E-state index contributed by atoms with van der Waals surface area (Å²) in [5.41, 5.74) is 1.22. The van der Waals surface area contributed by atoms with Crippen molar-refractivity contribution in [3.8, 4) is 0 Å². The zero-order chi connectivity index (χ0) is 11.4. The first-order valence-electron chi connectivity index (χ1n) is 5.95. The Morgan fingerprint density at radius 1 is 1.06 bits per heavy atom. The number of benzene rings is 2. The van der Waals surface area contributed by atoms with Crippen LogP contribution in [-0.2, 0) is 6.42 Å². The maximum absolute atomic E-state index is 9.77. The van der Waals surface area contributed by atoms with E-state index in [1.165, 1.54) is 16.3 Å². The van der Waals surface area contributed by atoms with Crippen molar-refractivity contribution in [1.29, 1.82) is 0 Å². The van der Waals surface area contributed by atoms with Crippen molar-refractivity contribution in [2.45, 2.75) is 32.3 Å². The predicted molar refractivity (Wildman–Crippen MR) is 68.6 cm³/mol. The fourth-order valence-electron chi connectivity index (χ4n) is 2.07. The van der Waals surface area contributed by atoms with Gasteiger partial charge in [0, 0.05) is 0 Å². The van der Waals surface area contributed by atoms with Gasteiger partial charge in [0.25, 0.3) is 0 Å². The molecule has 2 aromatic rings. The van der Waals surface area contributed by atoms with Gasteiger partial charge in [-0.15, -0.1) is 0 Å². The summed E-state index contributed by atoms with van der Waals surface area (Å²) in [5.74, 6) is 0. The summed E-state index contributed by atoms with van der Waals surface area (Å²) in [6.45, 7) is 2.10. The van der Waals surface area contributed by atoms with E-state index in [1.807, 2.05) is 6.07 Å². The maximum Gasteiger partial charge on any atom is 0.0580 e. The Kier molecular flexibility index (Phi) is 3.58. The molecule has 0 aliphatic heterocycles. The fraction of sp³-hybridized carbons (Fsp3) is 0.333. The second kappa shape index (κ2) is 5.13. The molecule has 1 nitrogen and oxygen atoms in total. The van der Waals surface area contributed by atoms with Crippen LogP contribution in [0.5, 0.6) is 0 Å². The van der Waals surface area contributed by atoms with Crippen molar-refractivity contribution in [3.63, 3.8) is 0 Å². The first kappa shape index (κ1) is 11.2. The summed E-state index contributed by atoms with van der Waals surface area (Å²) in [6, 6.07) is 14.7. The number of hydrogen-bond donors (Lipinski definition) is 1. The maximum atomic E-state index is 9.77. The molecule has 0 heterocycles. The first-order valence-corrected chi connectivity index (χ1v) is 5.95. The third-order valence-electron chi connectivity index (χ3n) is 2.91. The van der Waals surface area contributed by atoms with E-state index in [2.05, 4.69) is 43.3 Å². The molecule has 0 saturated heterocycles. The van der Waals surface area contributed by atoms with Crippen LogP contribution in [0.4, 0.5) is 0 Å². The van der Waals surface area contributed by atoms with Gasteiger partial charge in [-0.25, -0.2) is 0 Å². The van der Waals surface area contributed by atoms with E-state index in [9.17, 15) is 5.11 Å². The second-order valence-corrected chi connectivity index (χ2v) is 4.33. The van der Waals surface area contributed by atoms with Gasteiger partial charge in [-0.1, -0.05) is 55.8 Å². The van der Waals surface area contributed by atoms with Crippen molar-refractivity contribution in [2.75, 3.05) is 0 Å². The highest BCUT2D eigenvalue weighted by Crippen LogP contribution is 2.17. The Bertz CT molecular complexity index is 462. The van der Waals surface area contributed by atoms with Crippen LogP contribution in [0.3, 0.4) is 0 Å². The molecule has 0 amide bonds.